The van der Waals surface area contributed by atoms with E-state index in [4.69, 9.17) is 19.3 Å². The van der Waals surface area contributed by atoms with Gasteiger partial charge in [0, 0.05) is 19.7 Å². The van der Waals surface area contributed by atoms with Gasteiger partial charge in [-0.3, -0.25) is 9.69 Å². The number of morpholine rings is 1. The molecule has 1 amide bonds. The fourth-order valence-electron chi connectivity index (χ4n) is 4.35. The molecule has 2 heterocycles. The molecule has 3 fully saturated rings. The highest BCUT2D eigenvalue weighted by Crippen LogP contribution is 2.35. The molecule has 0 spiro atoms. The lowest BCUT2D eigenvalue weighted by Gasteiger charge is -2.47. The summed E-state index contributed by atoms with van der Waals surface area (Å²) in [6.07, 6.45) is 5.23. The Labute approximate surface area is 154 Å². The molecule has 1 aliphatic carbocycles. The van der Waals surface area contributed by atoms with Crippen molar-refractivity contribution < 1.29 is 28.9 Å². The van der Waals surface area contributed by atoms with Crippen LogP contribution >= 0.6 is 0 Å². The average Bonchev–Trinajstić information content (AvgIpc) is 2.68. The molecule has 8 nitrogen and oxygen atoms in total. The number of aliphatic carboxylic acids is 1. The third-order valence-electron chi connectivity index (χ3n) is 5.75. The maximum absolute atomic E-state index is 13.4. The van der Waals surface area contributed by atoms with Crippen LogP contribution in [-0.2, 0) is 23.8 Å². The molecule has 2 N–H and O–H groups in total. The monoisotopic (exact) mass is 370 g/mol. The van der Waals surface area contributed by atoms with Gasteiger partial charge in [0.2, 0.25) is 5.91 Å². The van der Waals surface area contributed by atoms with E-state index in [0.717, 1.165) is 45.2 Å². The topological polar surface area (TPSA) is 97.3 Å². The number of carboxylic acids is 1. The van der Waals surface area contributed by atoms with Crippen LogP contribution in [0.1, 0.15) is 38.5 Å². The number of hydrogen-bond donors (Lipinski definition) is 2. The van der Waals surface area contributed by atoms with Gasteiger partial charge < -0.3 is 24.6 Å². The third kappa shape index (κ3) is 4.54. The number of nitrogens with one attached hydrogen (secondary N) is 1. The van der Waals surface area contributed by atoms with Crippen molar-refractivity contribution in [1.82, 2.24) is 10.2 Å². The van der Waals surface area contributed by atoms with Crippen LogP contribution in [0, 0.1) is 0 Å². The second-order valence-electron chi connectivity index (χ2n) is 7.38. The summed E-state index contributed by atoms with van der Waals surface area (Å²) in [7, 11) is 0. The van der Waals surface area contributed by atoms with Gasteiger partial charge in [0.15, 0.2) is 0 Å². The summed E-state index contributed by atoms with van der Waals surface area (Å²) in [6.45, 7) is 3.38. The second kappa shape index (κ2) is 9.12. The van der Waals surface area contributed by atoms with Crippen LogP contribution in [-0.4, -0.2) is 85.7 Å². The average molecular weight is 370 g/mol. The van der Waals surface area contributed by atoms with Crippen molar-refractivity contribution >= 4 is 11.9 Å². The van der Waals surface area contributed by atoms with Crippen LogP contribution in [0.2, 0.25) is 0 Å². The van der Waals surface area contributed by atoms with Crippen LogP contribution in [0.3, 0.4) is 0 Å². The maximum Gasteiger partial charge on any atom is 0.329 e. The lowest BCUT2D eigenvalue weighted by atomic mass is 9.78. The summed E-state index contributed by atoms with van der Waals surface area (Å²) >= 11 is 0. The van der Waals surface area contributed by atoms with Gasteiger partial charge >= 0.3 is 5.97 Å². The smallest absolute Gasteiger partial charge is 0.329 e. The number of carbonyl (C=O) groups is 2. The number of carboxylic acid groups (broad SMARTS) is 1. The Kier molecular flexibility index (Phi) is 6.86. The summed E-state index contributed by atoms with van der Waals surface area (Å²) in [5, 5.41) is 12.0. The molecular formula is C18H30N2O6. The minimum atomic E-state index is -1.00. The minimum absolute atomic E-state index is 0.0264. The predicted molar refractivity (Wildman–Crippen MR) is 93.0 cm³/mol. The molecule has 0 aromatic rings. The largest absolute Gasteiger partial charge is 0.480 e. The lowest BCUT2D eigenvalue weighted by molar-refractivity contribution is -0.150. The summed E-state index contributed by atoms with van der Waals surface area (Å²) in [6, 6.07) is -0.310. The number of amides is 1. The van der Waals surface area contributed by atoms with Gasteiger partial charge in [-0.1, -0.05) is 19.3 Å². The number of carbonyl (C=O) groups excluding carboxylic acids is 1. The highest BCUT2D eigenvalue weighted by molar-refractivity contribution is 5.86. The zero-order valence-electron chi connectivity index (χ0n) is 15.3. The molecule has 2 aliphatic heterocycles. The van der Waals surface area contributed by atoms with E-state index in [1.807, 2.05) is 0 Å². The van der Waals surface area contributed by atoms with E-state index in [9.17, 15) is 9.59 Å². The van der Waals surface area contributed by atoms with Crippen molar-refractivity contribution in [2.45, 2.75) is 56.2 Å². The minimum Gasteiger partial charge on any atom is -0.480 e. The van der Waals surface area contributed by atoms with Gasteiger partial charge in [-0.2, -0.15) is 0 Å². The summed E-state index contributed by atoms with van der Waals surface area (Å²) < 4.78 is 16.5. The van der Waals surface area contributed by atoms with Crippen molar-refractivity contribution in [3.05, 3.63) is 0 Å². The Morgan fingerprint density at radius 2 is 1.85 bits per heavy atom. The van der Waals surface area contributed by atoms with Gasteiger partial charge in [-0.25, -0.2) is 4.79 Å². The van der Waals surface area contributed by atoms with Gasteiger partial charge in [-0.15, -0.1) is 0 Å². The molecule has 2 saturated heterocycles. The van der Waals surface area contributed by atoms with E-state index >= 15 is 0 Å². The molecule has 3 aliphatic rings. The Balaban J connectivity index is 1.68. The summed E-state index contributed by atoms with van der Waals surface area (Å²) in [5.74, 6) is -0.975. The molecule has 8 heteroatoms. The zero-order chi connectivity index (χ0) is 18.4. The zero-order valence-corrected chi connectivity index (χ0v) is 15.3. The maximum atomic E-state index is 13.4. The lowest BCUT2D eigenvalue weighted by Crippen LogP contribution is -2.65. The van der Waals surface area contributed by atoms with Crippen LogP contribution in [0.25, 0.3) is 0 Å². The van der Waals surface area contributed by atoms with Crippen LogP contribution in [0.15, 0.2) is 0 Å². The fourth-order valence-corrected chi connectivity index (χ4v) is 4.35. The Morgan fingerprint density at radius 3 is 2.54 bits per heavy atom. The highest BCUT2D eigenvalue weighted by Gasteiger charge is 2.46. The number of nitrogens with zero attached hydrogens (tertiary/aromatic N) is 1. The first-order valence-electron chi connectivity index (χ1n) is 9.67. The predicted octanol–water partition coefficient (Wildman–Crippen LogP) is 0.396. The molecule has 0 unspecified atom stereocenters. The Bertz CT molecular complexity index is 488. The van der Waals surface area contributed by atoms with Gasteiger partial charge in [-0.05, 0) is 19.3 Å². The summed E-state index contributed by atoms with van der Waals surface area (Å²) in [5.41, 5.74) is -0.489. The van der Waals surface area contributed by atoms with Crippen LogP contribution in [0.5, 0.6) is 0 Å². The van der Waals surface area contributed by atoms with E-state index in [1.165, 1.54) is 0 Å². The van der Waals surface area contributed by atoms with Gasteiger partial charge in [0.1, 0.15) is 12.1 Å². The third-order valence-corrected chi connectivity index (χ3v) is 5.75. The van der Waals surface area contributed by atoms with Crippen LogP contribution in [0.4, 0.5) is 0 Å². The van der Waals surface area contributed by atoms with Gasteiger partial charge in [0.05, 0.1) is 32.0 Å². The molecule has 0 aromatic carbocycles. The molecular weight excluding hydrogens is 340 g/mol. The molecule has 0 aromatic heterocycles. The number of hydrogen-bond acceptors (Lipinski definition) is 6. The van der Waals surface area contributed by atoms with Gasteiger partial charge in [0.25, 0.3) is 0 Å². The summed E-state index contributed by atoms with van der Waals surface area (Å²) in [4.78, 5) is 26.4. The van der Waals surface area contributed by atoms with Crippen molar-refractivity contribution in [3.63, 3.8) is 0 Å². The molecule has 0 bridgehead atoms. The fraction of sp³-hybridized carbons (Fsp3) is 0.889. The van der Waals surface area contributed by atoms with Crippen molar-refractivity contribution in [1.29, 1.82) is 0 Å². The number of rotatable bonds is 6. The molecule has 1 saturated carbocycles. The van der Waals surface area contributed by atoms with E-state index in [-0.39, 0.29) is 24.7 Å². The van der Waals surface area contributed by atoms with E-state index in [0.29, 0.717) is 32.8 Å². The van der Waals surface area contributed by atoms with Crippen molar-refractivity contribution in [2.75, 3.05) is 46.1 Å². The van der Waals surface area contributed by atoms with Crippen molar-refractivity contribution in [2.24, 2.45) is 0 Å². The highest BCUT2D eigenvalue weighted by atomic mass is 16.5. The molecule has 26 heavy (non-hydrogen) atoms. The van der Waals surface area contributed by atoms with E-state index in [2.05, 4.69) is 10.2 Å². The first-order chi connectivity index (χ1) is 12.6. The standard InChI is InChI=1S/C18H30N2O6/c21-16(22)13-26-15-4-9-25-12-14(15)19-17(23)18(5-2-1-3-6-18)20-7-10-24-11-8-20/h14-15H,1-13H2,(H,19,23)(H,21,22)/t14-,15+/m1/s1. The second-order valence-corrected chi connectivity index (χ2v) is 7.38. The molecule has 0 radical (unpaired) electrons. The normalized spacial score (nSPS) is 29.8. The van der Waals surface area contributed by atoms with E-state index in [1.54, 1.807) is 0 Å². The molecule has 148 valence electrons. The first kappa shape index (κ1) is 19.5. The molecule has 3 rings (SSSR count). The van der Waals surface area contributed by atoms with E-state index < -0.39 is 11.5 Å². The first-order valence-corrected chi connectivity index (χ1v) is 9.67. The molecule has 2 atom stereocenters. The van der Waals surface area contributed by atoms with Crippen LogP contribution < -0.4 is 5.32 Å². The quantitative estimate of drug-likeness (QED) is 0.698. The van der Waals surface area contributed by atoms with Crippen molar-refractivity contribution in [3.8, 4) is 0 Å². The SMILES string of the molecule is O=C(O)CO[C@H]1CCOC[C@H]1NC(=O)C1(N2CCOCC2)CCCCC1. The number of ether oxygens (including phenoxy) is 3. The Morgan fingerprint density at radius 1 is 1.12 bits per heavy atom. The Hall–Kier alpha value is -1.22.